The maximum absolute atomic E-state index is 13.0. The molecule has 0 aliphatic rings. The van der Waals surface area contributed by atoms with E-state index >= 15 is 0 Å². The van der Waals surface area contributed by atoms with Crippen molar-refractivity contribution in [3.8, 4) is 5.75 Å². The van der Waals surface area contributed by atoms with Crippen LogP contribution in [0.15, 0.2) is 48.5 Å². The van der Waals surface area contributed by atoms with Crippen molar-refractivity contribution in [1.82, 2.24) is 0 Å². The number of anilines is 1. The molecule has 1 atom stereocenters. The van der Waals surface area contributed by atoms with Gasteiger partial charge in [0.05, 0.1) is 18.1 Å². The molecule has 27 heavy (non-hydrogen) atoms. The first-order valence-corrected chi connectivity index (χ1v) is 8.52. The Kier molecular flexibility index (Phi) is 6.49. The fourth-order valence-electron chi connectivity index (χ4n) is 2.83. The fourth-order valence-corrected chi connectivity index (χ4v) is 2.83. The van der Waals surface area contributed by atoms with E-state index < -0.39 is 24.3 Å². The average molecular weight is 381 g/mol. The first-order chi connectivity index (χ1) is 12.6. The van der Waals surface area contributed by atoms with Gasteiger partial charge in [-0.3, -0.25) is 4.79 Å². The van der Waals surface area contributed by atoms with Crippen molar-refractivity contribution in [2.24, 2.45) is 5.92 Å². The van der Waals surface area contributed by atoms with E-state index in [9.17, 15) is 28.2 Å². The molecule has 2 N–H and O–H groups in total. The highest BCUT2D eigenvalue weighted by Crippen LogP contribution is 2.30. The second-order valence-electron chi connectivity index (χ2n) is 6.60. The van der Waals surface area contributed by atoms with E-state index in [2.05, 4.69) is 0 Å². The van der Waals surface area contributed by atoms with Crippen molar-refractivity contribution in [3.63, 3.8) is 0 Å². The van der Waals surface area contributed by atoms with E-state index in [0.717, 1.165) is 12.1 Å². The van der Waals surface area contributed by atoms with E-state index in [0.29, 0.717) is 11.3 Å². The molecule has 0 fully saturated rings. The van der Waals surface area contributed by atoms with Gasteiger partial charge < -0.3 is 15.1 Å². The standard InChI is InChI=1S/C20H22F3NO3/c1-13(2)24(17-7-9-18(26)10-8-17)19(27)15(12-25)11-14-3-5-16(6-4-14)20(21,22)23/h3-10,13,15,25-26H,11-12H2,1-2H3. The number of rotatable bonds is 6. The number of amides is 1. The number of aliphatic hydroxyl groups is 1. The van der Waals surface area contributed by atoms with Gasteiger partial charge in [-0.1, -0.05) is 12.1 Å². The van der Waals surface area contributed by atoms with Crippen LogP contribution in [0.5, 0.6) is 5.75 Å². The van der Waals surface area contributed by atoms with Crippen LogP contribution < -0.4 is 4.90 Å². The number of carbonyl (C=O) groups is 1. The predicted octanol–water partition coefficient (Wildman–Crippen LogP) is 4.00. The SMILES string of the molecule is CC(C)N(C(=O)C(CO)Cc1ccc(C(F)(F)F)cc1)c1ccc(O)cc1. The minimum absolute atomic E-state index is 0.0679. The van der Waals surface area contributed by atoms with Crippen molar-refractivity contribution in [2.45, 2.75) is 32.5 Å². The Bertz CT molecular complexity index is 756. The molecular formula is C20H22F3NO3. The molecule has 1 amide bonds. The summed E-state index contributed by atoms with van der Waals surface area (Å²) in [6, 6.07) is 10.5. The number of phenols is 1. The summed E-state index contributed by atoms with van der Waals surface area (Å²) in [7, 11) is 0. The van der Waals surface area contributed by atoms with Crippen LogP contribution >= 0.6 is 0 Å². The molecule has 0 spiro atoms. The normalized spacial score (nSPS) is 12.9. The molecule has 4 nitrogen and oxygen atoms in total. The van der Waals surface area contributed by atoms with Crippen LogP contribution in [0.3, 0.4) is 0 Å². The van der Waals surface area contributed by atoms with Gasteiger partial charge >= 0.3 is 6.18 Å². The summed E-state index contributed by atoms with van der Waals surface area (Å²) in [5, 5.41) is 19.1. The predicted molar refractivity (Wildman–Crippen MR) is 96.5 cm³/mol. The lowest BCUT2D eigenvalue weighted by Crippen LogP contribution is -2.43. The summed E-state index contributed by atoms with van der Waals surface area (Å²) in [4.78, 5) is 14.5. The van der Waals surface area contributed by atoms with Gasteiger partial charge in [0, 0.05) is 11.7 Å². The third kappa shape index (κ3) is 5.23. The number of carbonyl (C=O) groups excluding carboxylic acids is 1. The minimum Gasteiger partial charge on any atom is -0.508 e. The van der Waals surface area contributed by atoms with E-state index in [4.69, 9.17) is 0 Å². The number of nitrogens with zero attached hydrogens (tertiary/aromatic N) is 1. The summed E-state index contributed by atoms with van der Waals surface area (Å²) >= 11 is 0. The molecule has 0 aliphatic carbocycles. The molecule has 0 aromatic heterocycles. The van der Waals surface area contributed by atoms with Crippen LogP contribution in [0.25, 0.3) is 0 Å². The second-order valence-corrected chi connectivity index (χ2v) is 6.60. The number of halogens is 3. The highest BCUT2D eigenvalue weighted by Gasteiger charge is 2.31. The first-order valence-electron chi connectivity index (χ1n) is 8.52. The summed E-state index contributed by atoms with van der Waals surface area (Å²) in [6.45, 7) is 3.20. The van der Waals surface area contributed by atoms with Crippen LogP contribution in [0.4, 0.5) is 18.9 Å². The Morgan fingerprint density at radius 1 is 1.04 bits per heavy atom. The Balaban J connectivity index is 2.21. The molecule has 7 heteroatoms. The van der Waals surface area contributed by atoms with Gasteiger partial charge in [-0.15, -0.1) is 0 Å². The Hall–Kier alpha value is -2.54. The first kappa shape index (κ1) is 20.8. The molecule has 2 aromatic carbocycles. The molecule has 0 radical (unpaired) electrons. The summed E-state index contributed by atoms with van der Waals surface area (Å²) in [5.74, 6) is -1.06. The largest absolute Gasteiger partial charge is 0.508 e. The monoisotopic (exact) mass is 381 g/mol. The zero-order chi connectivity index (χ0) is 20.2. The molecule has 0 heterocycles. The zero-order valence-corrected chi connectivity index (χ0v) is 15.1. The summed E-state index contributed by atoms with van der Waals surface area (Å²) in [6.07, 6.45) is -4.30. The molecule has 0 aliphatic heterocycles. The Labute approximate surface area is 155 Å². The highest BCUT2D eigenvalue weighted by atomic mass is 19.4. The van der Waals surface area contributed by atoms with Gasteiger partial charge in [0.2, 0.25) is 5.91 Å². The highest BCUT2D eigenvalue weighted by molar-refractivity contribution is 5.95. The lowest BCUT2D eigenvalue weighted by atomic mass is 9.97. The smallest absolute Gasteiger partial charge is 0.416 e. The van der Waals surface area contributed by atoms with Gasteiger partial charge in [0.1, 0.15) is 5.75 Å². The topological polar surface area (TPSA) is 60.8 Å². The lowest BCUT2D eigenvalue weighted by Gasteiger charge is -2.30. The number of phenolic OH excluding ortho intramolecular Hbond substituents is 1. The van der Waals surface area contributed by atoms with Crippen LogP contribution in [0.1, 0.15) is 25.0 Å². The van der Waals surface area contributed by atoms with Crippen LogP contribution in [0.2, 0.25) is 0 Å². The molecule has 0 saturated heterocycles. The minimum atomic E-state index is -4.42. The quantitative estimate of drug-likeness (QED) is 0.795. The fraction of sp³-hybridized carbons (Fsp3) is 0.350. The van der Waals surface area contributed by atoms with E-state index in [1.54, 1.807) is 12.1 Å². The van der Waals surface area contributed by atoms with Crippen LogP contribution in [0, 0.1) is 5.92 Å². The van der Waals surface area contributed by atoms with Crippen molar-refractivity contribution in [1.29, 1.82) is 0 Å². The molecule has 0 bridgehead atoms. The third-order valence-corrected chi connectivity index (χ3v) is 4.21. The van der Waals surface area contributed by atoms with Crippen LogP contribution in [-0.2, 0) is 17.4 Å². The number of hydrogen-bond acceptors (Lipinski definition) is 3. The van der Waals surface area contributed by atoms with E-state index in [1.165, 1.54) is 29.2 Å². The number of aliphatic hydroxyl groups excluding tert-OH is 1. The van der Waals surface area contributed by atoms with E-state index in [1.807, 2.05) is 13.8 Å². The number of alkyl halides is 3. The molecular weight excluding hydrogens is 359 g/mol. The Morgan fingerprint density at radius 3 is 2.04 bits per heavy atom. The third-order valence-electron chi connectivity index (χ3n) is 4.21. The Morgan fingerprint density at radius 2 is 1.59 bits per heavy atom. The summed E-state index contributed by atoms with van der Waals surface area (Å²) < 4.78 is 38.0. The molecule has 2 rings (SSSR count). The van der Waals surface area contributed by atoms with Crippen molar-refractivity contribution >= 4 is 11.6 Å². The van der Waals surface area contributed by atoms with Gasteiger partial charge in [-0.05, 0) is 62.2 Å². The number of hydrogen-bond donors (Lipinski definition) is 2. The van der Waals surface area contributed by atoms with Crippen molar-refractivity contribution in [3.05, 3.63) is 59.7 Å². The lowest BCUT2D eigenvalue weighted by molar-refractivity contribution is -0.137. The van der Waals surface area contributed by atoms with Gasteiger partial charge in [0.15, 0.2) is 0 Å². The van der Waals surface area contributed by atoms with Gasteiger partial charge in [0.25, 0.3) is 0 Å². The second kappa shape index (κ2) is 8.43. The number of benzene rings is 2. The zero-order valence-electron chi connectivity index (χ0n) is 15.1. The molecule has 2 aromatic rings. The van der Waals surface area contributed by atoms with E-state index in [-0.39, 0.29) is 24.1 Å². The maximum atomic E-state index is 13.0. The molecule has 146 valence electrons. The van der Waals surface area contributed by atoms with Crippen LogP contribution in [-0.4, -0.2) is 28.8 Å². The average Bonchev–Trinajstić information content (AvgIpc) is 2.60. The number of aromatic hydroxyl groups is 1. The van der Waals surface area contributed by atoms with Crippen molar-refractivity contribution < 1.29 is 28.2 Å². The van der Waals surface area contributed by atoms with Gasteiger partial charge in [-0.25, -0.2) is 0 Å². The molecule has 0 saturated carbocycles. The van der Waals surface area contributed by atoms with Gasteiger partial charge in [-0.2, -0.15) is 13.2 Å². The molecule has 1 unspecified atom stereocenters. The maximum Gasteiger partial charge on any atom is 0.416 e. The summed E-state index contributed by atoms with van der Waals surface area (Å²) in [5.41, 5.74) is 0.342. The van der Waals surface area contributed by atoms with Crippen molar-refractivity contribution in [2.75, 3.05) is 11.5 Å².